The molecule has 0 aromatic heterocycles. The number of carbonyl (C=O) groups is 1. The van der Waals surface area contributed by atoms with E-state index in [-0.39, 0.29) is 18.5 Å². The zero-order valence-corrected chi connectivity index (χ0v) is 21.8. The number of nitrogens with one attached hydrogen (secondary N) is 1. The van der Waals surface area contributed by atoms with Crippen LogP contribution >= 0.6 is 0 Å². The number of phenols is 1. The molecule has 0 aliphatic carbocycles. The van der Waals surface area contributed by atoms with Gasteiger partial charge < -0.3 is 34.5 Å². The number of esters is 1. The zero-order valence-electron chi connectivity index (χ0n) is 21.8. The molecular weight excluding hydrogens is 500 g/mol. The molecule has 0 fully saturated rings. The van der Waals surface area contributed by atoms with Gasteiger partial charge in [0, 0.05) is 19.0 Å². The maximum atomic E-state index is 11.1. The molecule has 1 heterocycles. The lowest BCUT2D eigenvalue weighted by Crippen LogP contribution is -2.33. The summed E-state index contributed by atoms with van der Waals surface area (Å²) in [6.45, 7) is 3.33. The number of phenolic OH excluding ortho intramolecular Hbond substituents is 1. The van der Waals surface area contributed by atoms with E-state index in [1.165, 1.54) is 13.0 Å². The third-order valence-corrected chi connectivity index (χ3v) is 6.20. The molecule has 204 valence electrons. The second kappa shape index (κ2) is 13.6. The van der Waals surface area contributed by atoms with E-state index in [2.05, 4.69) is 11.4 Å². The van der Waals surface area contributed by atoms with Gasteiger partial charge in [0.05, 0.1) is 31.0 Å². The second-order valence-electron chi connectivity index (χ2n) is 9.30. The van der Waals surface area contributed by atoms with E-state index in [1.54, 1.807) is 24.3 Å². The molecule has 0 unspecified atom stereocenters. The first-order chi connectivity index (χ1) is 18.9. The minimum absolute atomic E-state index is 0.0120. The van der Waals surface area contributed by atoms with Crippen molar-refractivity contribution >= 4 is 5.97 Å². The first kappa shape index (κ1) is 27.9. The van der Waals surface area contributed by atoms with Gasteiger partial charge in [0.25, 0.3) is 0 Å². The first-order valence-electron chi connectivity index (χ1n) is 12.7. The van der Waals surface area contributed by atoms with E-state index in [0.717, 1.165) is 11.1 Å². The van der Waals surface area contributed by atoms with Crippen LogP contribution in [0.5, 0.6) is 17.2 Å². The van der Waals surface area contributed by atoms with Crippen LogP contribution in [0, 0.1) is 11.3 Å². The lowest BCUT2D eigenvalue weighted by molar-refractivity contribution is -0.142. The van der Waals surface area contributed by atoms with Crippen LogP contribution in [0.4, 0.5) is 0 Å². The molecule has 0 spiro atoms. The van der Waals surface area contributed by atoms with Crippen molar-refractivity contribution in [1.82, 2.24) is 5.32 Å². The number of hydrogen-bond acceptors (Lipinski definition) is 9. The monoisotopic (exact) mass is 532 g/mol. The number of hydrogen-bond donors (Lipinski definition) is 3. The zero-order chi connectivity index (χ0) is 27.6. The van der Waals surface area contributed by atoms with Crippen LogP contribution in [0.2, 0.25) is 0 Å². The average molecular weight is 533 g/mol. The SMILES string of the molecule is CC(=O)OCc1cc([C@@H](O)CNCCc2ccc3c(c2)O[C@H](COCc2cccc(C#N)c2)CO3)ccc1O. The molecule has 39 heavy (non-hydrogen) atoms. The van der Waals surface area contributed by atoms with Crippen LogP contribution in [-0.2, 0) is 33.9 Å². The molecule has 9 nitrogen and oxygen atoms in total. The summed E-state index contributed by atoms with van der Waals surface area (Å²) in [6.07, 6.45) is -0.311. The van der Waals surface area contributed by atoms with Crippen LogP contribution in [0.15, 0.2) is 60.7 Å². The van der Waals surface area contributed by atoms with Crippen molar-refractivity contribution < 1.29 is 34.0 Å². The first-order valence-corrected chi connectivity index (χ1v) is 12.7. The van der Waals surface area contributed by atoms with E-state index in [0.29, 0.717) is 67.5 Å². The summed E-state index contributed by atoms with van der Waals surface area (Å²) in [5.74, 6) is 0.933. The molecule has 0 amide bonds. The van der Waals surface area contributed by atoms with Gasteiger partial charge in [-0.15, -0.1) is 0 Å². The van der Waals surface area contributed by atoms with Crippen molar-refractivity contribution in [2.75, 3.05) is 26.3 Å². The number of nitrogens with zero attached hydrogens (tertiary/aromatic N) is 1. The molecule has 2 atom stereocenters. The number of aromatic hydroxyl groups is 1. The normalized spacial score (nSPS) is 14.8. The molecule has 1 aliphatic rings. The number of nitriles is 1. The van der Waals surface area contributed by atoms with E-state index in [4.69, 9.17) is 24.2 Å². The van der Waals surface area contributed by atoms with E-state index in [9.17, 15) is 15.0 Å². The van der Waals surface area contributed by atoms with Crippen LogP contribution in [0.25, 0.3) is 0 Å². The predicted molar refractivity (Wildman–Crippen MR) is 142 cm³/mol. The lowest BCUT2D eigenvalue weighted by Gasteiger charge is -2.27. The number of rotatable bonds is 12. The lowest BCUT2D eigenvalue weighted by atomic mass is 10.1. The van der Waals surface area contributed by atoms with Crippen molar-refractivity contribution in [3.63, 3.8) is 0 Å². The van der Waals surface area contributed by atoms with E-state index >= 15 is 0 Å². The summed E-state index contributed by atoms with van der Waals surface area (Å²) < 4.78 is 22.7. The van der Waals surface area contributed by atoms with Gasteiger partial charge in [-0.1, -0.05) is 24.3 Å². The summed E-state index contributed by atoms with van der Waals surface area (Å²) in [5, 5.41) is 32.8. The van der Waals surface area contributed by atoms with Gasteiger partial charge in [-0.25, -0.2) is 0 Å². The molecule has 1 aliphatic heterocycles. The highest BCUT2D eigenvalue weighted by molar-refractivity contribution is 5.66. The Balaban J connectivity index is 1.22. The van der Waals surface area contributed by atoms with Gasteiger partial charge in [0.2, 0.25) is 0 Å². The summed E-state index contributed by atoms with van der Waals surface area (Å²) >= 11 is 0. The van der Waals surface area contributed by atoms with Crippen LogP contribution in [-0.4, -0.2) is 48.6 Å². The number of benzene rings is 3. The molecule has 9 heteroatoms. The predicted octanol–water partition coefficient (Wildman–Crippen LogP) is 3.55. The third kappa shape index (κ3) is 8.19. The quantitative estimate of drug-likeness (QED) is 0.237. The van der Waals surface area contributed by atoms with Gasteiger partial charge in [-0.2, -0.15) is 5.26 Å². The van der Waals surface area contributed by atoms with Crippen molar-refractivity contribution in [2.45, 2.75) is 38.8 Å². The summed E-state index contributed by atoms with van der Waals surface area (Å²) in [6, 6.07) is 20.0. The fraction of sp³-hybridized carbons (Fsp3) is 0.333. The van der Waals surface area contributed by atoms with Crippen molar-refractivity contribution in [3.05, 3.63) is 88.5 Å². The summed E-state index contributed by atoms with van der Waals surface area (Å²) in [7, 11) is 0. The number of fused-ring (bicyclic) bond motifs is 1. The Morgan fingerprint density at radius 1 is 1.13 bits per heavy atom. The van der Waals surface area contributed by atoms with Gasteiger partial charge >= 0.3 is 5.97 Å². The van der Waals surface area contributed by atoms with Gasteiger partial charge in [-0.05, 0) is 66.1 Å². The minimum atomic E-state index is -0.787. The summed E-state index contributed by atoms with van der Waals surface area (Å²) in [4.78, 5) is 11.1. The Bertz CT molecular complexity index is 1320. The Morgan fingerprint density at radius 3 is 2.82 bits per heavy atom. The maximum absolute atomic E-state index is 11.1. The van der Waals surface area contributed by atoms with Gasteiger partial charge in [0.15, 0.2) is 17.6 Å². The maximum Gasteiger partial charge on any atom is 0.302 e. The number of carbonyl (C=O) groups excluding carboxylic acids is 1. The number of aliphatic hydroxyl groups excluding tert-OH is 1. The Labute approximate surface area is 227 Å². The highest BCUT2D eigenvalue weighted by Gasteiger charge is 2.21. The van der Waals surface area contributed by atoms with Crippen LogP contribution in [0.3, 0.4) is 0 Å². The molecule has 0 bridgehead atoms. The fourth-order valence-electron chi connectivity index (χ4n) is 4.13. The Morgan fingerprint density at radius 2 is 2.00 bits per heavy atom. The van der Waals surface area contributed by atoms with Crippen molar-refractivity contribution in [3.8, 4) is 23.3 Å². The molecule has 0 saturated heterocycles. The standard InChI is InChI=1S/C30H32N2O7/c1-20(33)37-17-25-13-24(6-7-27(25)34)28(35)15-32-10-9-21-5-8-29-30(12-21)39-26(19-38-29)18-36-16-23-4-2-3-22(11-23)14-31/h2-8,11-13,26,28,32,34-35H,9-10,15-19H2,1H3/t26-,28+/m1/s1. The minimum Gasteiger partial charge on any atom is -0.508 e. The number of ether oxygens (including phenoxy) is 4. The topological polar surface area (TPSA) is 130 Å². The van der Waals surface area contributed by atoms with Crippen molar-refractivity contribution in [2.24, 2.45) is 0 Å². The molecular formula is C30H32N2O7. The van der Waals surface area contributed by atoms with E-state index < -0.39 is 12.1 Å². The third-order valence-electron chi connectivity index (χ3n) is 6.20. The number of aliphatic hydroxyl groups is 1. The van der Waals surface area contributed by atoms with Gasteiger partial charge in [-0.3, -0.25) is 4.79 Å². The fourth-order valence-corrected chi connectivity index (χ4v) is 4.13. The molecule has 0 saturated carbocycles. The van der Waals surface area contributed by atoms with Crippen LogP contribution < -0.4 is 14.8 Å². The highest BCUT2D eigenvalue weighted by Crippen LogP contribution is 2.33. The average Bonchev–Trinajstić information content (AvgIpc) is 2.94. The smallest absolute Gasteiger partial charge is 0.302 e. The molecule has 3 aromatic rings. The van der Waals surface area contributed by atoms with Crippen LogP contribution in [0.1, 0.15) is 40.8 Å². The second-order valence-corrected chi connectivity index (χ2v) is 9.30. The van der Waals surface area contributed by atoms with E-state index in [1.807, 2.05) is 30.3 Å². The largest absolute Gasteiger partial charge is 0.508 e. The highest BCUT2D eigenvalue weighted by atomic mass is 16.6. The van der Waals surface area contributed by atoms with Gasteiger partial charge in [0.1, 0.15) is 19.0 Å². The Hall–Kier alpha value is -4.10. The molecule has 3 N–H and O–H groups in total. The summed E-state index contributed by atoms with van der Waals surface area (Å²) in [5.41, 5.74) is 3.65. The Kier molecular flexibility index (Phi) is 9.75. The van der Waals surface area contributed by atoms with Crippen molar-refractivity contribution in [1.29, 1.82) is 5.26 Å². The molecule has 4 rings (SSSR count). The molecule has 0 radical (unpaired) electrons. The molecule has 3 aromatic carbocycles.